The summed E-state index contributed by atoms with van der Waals surface area (Å²) in [4.78, 5) is 0. The molecule has 10 aromatic rings. The predicted octanol–water partition coefficient (Wildman–Crippen LogP) is 12.0. The van der Waals surface area contributed by atoms with E-state index in [2.05, 4.69) is 173 Å². The van der Waals surface area contributed by atoms with Crippen molar-refractivity contribution in [3.05, 3.63) is 170 Å². The molecule has 3 nitrogen and oxygen atoms in total. The number of aromatic nitrogens is 2. The molecule has 0 N–H and O–H groups in total. The van der Waals surface area contributed by atoms with Gasteiger partial charge in [-0.05, 0) is 65.2 Å². The van der Waals surface area contributed by atoms with Crippen LogP contribution in [0.3, 0.4) is 0 Å². The van der Waals surface area contributed by atoms with Gasteiger partial charge in [-0.25, -0.2) is 0 Å². The summed E-state index contributed by atoms with van der Waals surface area (Å²) in [7, 11) is 0. The Kier molecular flexibility index (Phi) is 5.57. The minimum Gasteiger partial charge on any atom is -0.439 e. The SMILES string of the molecule is c1ccc(-n2c3oc4ccccc4c3c3cccc(-c4cccc(-c5ccc(-n6c7ccccc7c7ccccc76)cc5)c4)c32)cc1. The van der Waals surface area contributed by atoms with Gasteiger partial charge in [-0.3, -0.25) is 4.57 Å². The fraction of sp³-hybridized carbons (Fsp3) is 0. The molecule has 0 aliphatic rings. The minimum absolute atomic E-state index is 0.872. The van der Waals surface area contributed by atoms with Gasteiger partial charge in [0.05, 0.1) is 21.9 Å². The van der Waals surface area contributed by atoms with Crippen molar-refractivity contribution < 1.29 is 4.42 Å². The van der Waals surface area contributed by atoms with Gasteiger partial charge in [-0.15, -0.1) is 0 Å². The molecular weight excluding hydrogens is 572 g/mol. The van der Waals surface area contributed by atoms with Crippen LogP contribution in [0.1, 0.15) is 0 Å². The van der Waals surface area contributed by atoms with Crippen LogP contribution in [-0.2, 0) is 0 Å². The molecule has 0 spiro atoms. The number of hydrogen-bond donors (Lipinski definition) is 0. The summed E-state index contributed by atoms with van der Waals surface area (Å²) >= 11 is 0. The van der Waals surface area contributed by atoms with Gasteiger partial charge in [-0.1, -0.05) is 121 Å². The third-order valence-electron chi connectivity index (χ3n) is 9.54. The Bertz CT molecular complexity index is 2720. The molecular formula is C44H28N2O. The number of rotatable bonds is 4. The van der Waals surface area contributed by atoms with Crippen LogP contribution in [0.15, 0.2) is 174 Å². The lowest BCUT2D eigenvalue weighted by Gasteiger charge is -2.13. The highest BCUT2D eigenvalue weighted by Gasteiger charge is 2.22. The van der Waals surface area contributed by atoms with Crippen LogP contribution < -0.4 is 0 Å². The van der Waals surface area contributed by atoms with Gasteiger partial charge >= 0.3 is 0 Å². The number of fused-ring (bicyclic) bond motifs is 8. The van der Waals surface area contributed by atoms with Crippen LogP contribution in [-0.4, -0.2) is 9.13 Å². The van der Waals surface area contributed by atoms with Gasteiger partial charge in [0.1, 0.15) is 5.58 Å². The van der Waals surface area contributed by atoms with Gasteiger partial charge in [-0.2, -0.15) is 0 Å². The lowest BCUT2D eigenvalue weighted by atomic mass is 9.97. The summed E-state index contributed by atoms with van der Waals surface area (Å²) < 4.78 is 11.2. The molecule has 47 heavy (non-hydrogen) atoms. The topological polar surface area (TPSA) is 23.0 Å². The highest BCUT2D eigenvalue weighted by Crippen LogP contribution is 2.43. The number of hydrogen-bond acceptors (Lipinski definition) is 1. The smallest absolute Gasteiger partial charge is 0.213 e. The average molecular weight is 601 g/mol. The average Bonchev–Trinajstić information content (AvgIpc) is 3.79. The van der Waals surface area contributed by atoms with Crippen LogP contribution >= 0.6 is 0 Å². The van der Waals surface area contributed by atoms with Crippen LogP contribution in [0.2, 0.25) is 0 Å². The Hall–Kier alpha value is -6.32. The van der Waals surface area contributed by atoms with E-state index in [0.29, 0.717) is 0 Å². The number of benzene rings is 7. The normalized spacial score (nSPS) is 11.8. The second kappa shape index (κ2) is 10.1. The molecule has 220 valence electrons. The molecule has 3 aromatic heterocycles. The predicted molar refractivity (Wildman–Crippen MR) is 196 cm³/mol. The first kappa shape index (κ1) is 26.0. The molecule has 3 heteroatoms. The summed E-state index contributed by atoms with van der Waals surface area (Å²) in [6.07, 6.45) is 0. The number of nitrogens with zero attached hydrogens (tertiary/aromatic N) is 2. The van der Waals surface area contributed by atoms with Gasteiger partial charge in [0.25, 0.3) is 0 Å². The standard InChI is InChI=1S/C44H28N2O/c1-2-14-32(15-3-1)46-43-34(19-11-20-38(43)42-37-18-6-9-23-41(37)47-44(42)46)31-13-10-12-30(28-31)29-24-26-33(27-25-29)45-39-21-7-4-16-35(39)36-17-5-8-22-40(36)45/h1-28H. The first-order valence-corrected chi connectivity index (χ1v) is 16.0. The van der Waals surface area contributed by atoms with E-state index in [0.717, 1.165) is 39.0 Å². The second-order valence-corrected chi connectivity index (χ2v) is 12.1. The maximum Gasteiger partial charge on any atom is 0.213 e. The first-order valence-electron chi connectivity index (χ1n) is 16.0. The van der Waals surface area contributed by atoms with Crippen molar-refractivity contribution in [2.24, 2.45) is 0 Å². The van der Waals surface area contributed by atoms with E-state index in [9.17, 15) is 0 Å². The summed E-state index contributed by atoms with van der Waals surface area (Å²) in [5, 5.41) is 6.02. The third-order valence-corrected chi connectivity index (χ3v) is 9.54. The summed E-state index contributed by atoms with van der Waals surface area (Å²) in [5.41, 5.74) is 12.3. The van der Waals surface area contributed by atoms with E-state index in [1.807, 2.05) is 6.07 Å². The molecule has 0 amide bonds. The van der Waals surface area contributed by atoms with E-state index in [1.54, 1.807) is 0 Å². The minimum atomic E-state index is 0.872. The zero-order chi connectivity index (χ0) is 30.9. The van der Waals surface area contributed by atoms with Crippen molar-refractivity contribution in [2.45, 2.75) is 0 Å². The lowest BCUT2D eigenvalue weighted by Crippen LogP contribution is -1.95. The molecule has 0 saturated carbocycles. The van der Waals surface area contributed by atoms with Gasteiger partial charge in [0.15, 0.2) is 0 Å². The highest BCUT2D eigenvalue weighted by atomic mass is 16.3. The monoisotopic (exact) mass is 600 g/mol. The van der Waals surface area contributed by atoms with Crippen molar-refractivity contribution in [1.82, 2.24) is 9.13 Å². The molecule has 0 radical (unpaired) electrons. The van der Waals surface area contributed by atoms with Crippen LogP contribution in [0.5, 0.6) is 0 Å². The van der Waals surface area contributed by atoms with Gasteiger partial charge < -0.3 is 8.98 Å². The number of furan rings is 1. The molecule has 0 unspecified atom stereocenters. The highest BCUT2D eigenvalue weighted by molar-refractivity contribution is 6.22. The molecule has 0 atom stereocenters. The van der Waals surface area contributed by atoms with Gasteiger partial charge in [0.2, 0.25) is 5.71 Å². The fourth-order valence-corrected chi connectivity index (χ4v) is 7.46. The molecule has 0 aliphatic carbocycles. The van der Waals surface area contributed by atoms with Gasteiger partial charge in [0, 0.05) is 38.5 Å². The molecule has 0 saturated heterocycles. The Morgan fingerprint density at radius 1 is 0.383 bits per heavy atom. The maximum absolute atomic E-state index is 6.56. The molecule has 7 aromatic carbocycles. The van der Waals surface area contributed by atoms with E-state index < -0.39 is 0 Å². The Labute approximate surface area is 271 Å². The first-order chi connectivity index (χ1) is 23.3. The van der Waals surface area contributed by atoms with Crippen molar-refractivity contribution >= 4 is 54.8 Å². The van der Waals surface area contributed by atoms with E-state index in [1.165, 1.54) is 49.4 Å². The Balaban J connectivity index is 1.13. The van der Waals surface area contributed by atoms with Crippen molar-refractivity contribution in [3.8, 4) is 33.6 Å². The van der Waals surface area contributed by atoms with Crippen molar-refractivity contribution in [3.63, 3.8) is 0 Å². The molecule has 0 aliphatic heterocycles. The van der Waals surface area contributed by atoms with Crippen LogP contribution in [0.25, 0.3) is 88.4 Å². The third kappa shape index (κ3) is 3.87. The molecule has 3 heterocycles. The summed E-state index contributed by atoms with van der Waals surface area (Å²) in [5.74, 6) is 0. The zero-order valence-electron chi connectivity index (χ0n) is 25.5. The molecule has 0 fully saturated rings. The molecule has 0 bridgehead atoms. The van der Waals surface area contributed by atoms with Crippen LogP contribution in [0, 0.1) is 0 Å². The lowest BCUT2D eigenvalue weighted by molar-refractivity contribution is 0.645. The summed E-state index contributed by atoms with van der Waals surface area (Å²) in [6.45, 7) is 0. The Morgan fingerprint density at radius 2 is 0.979 bits per heavy atom. The van der Waals surface area contributed by atoms with Crippen LogP contribution in [0.4, 0.5) is 0 Å². The molecule has 10 rings (SSSR count). The Morgan fingerprint density at radius 3 is 1.74 bits per heavy atom. The quantitative estimate of drug-likeness (QED) is 0.197. The maximum atomic E-state index is 6.56. The van der Waals surface area contributed by atoms with Crippen molar-refractivity contribution in [1.29, 1.82) is 0 Å². The second-order valence-electron chi connectivity index (χ2n) is 12.1. The van der Waals surface area contributed by atoms with E-state index in [4.69, 9.17) is 4.42 Å². The zero-order valence-corrected chi connectivity index (χ0v) is 25.5. The van der Waals surface area contributed by atoms with E-state index in [-0.39, 0.29) is 0 Å². The van der Waals surface area contributed by atoms with Crippen molar-refractivity contribution in [2.75, 3.05) is 0 Å². The number of para-hydroxylation sites is 5. The fourth-order valence-electron chi connectivity index (χ4n) is 7.46. The largest absolute Gasteiger partial charge is 0.439 e. The summed E-state index contributed by atoms with van der Waals surface area (Å²) in [6, 6.07) is 60.6. The van der Waals surface area contributed by atoms with E-state index >= 15 is 0 Å².